The number of carbonyl (C=O) groups excluding carboxylic acids is 1. The first-order valence-electron chi connectivity index (χ1n) is 6.68. The topological polar surface area (TPSA) is 43.1 Å². The van der Waals surface area contributed by atoms with Crippen LogP contribution in [0.2, 0.25) is 0 Å². The summed E-state index contributed by atoms with van der Waals surface area (Å²) in [5, 5.41) is -0.238. The maximum atomic E-state index is 9.81. The molecule has 2 rings (SSSR count). The Kier molecular flexibility index (Phi) is 7.44. The van der Waals surface area contributed by atoms with Crippen molar-refractivity contribution in [1.82, 2.24) is 0 Å². The van der Waals surface area contributed by atoms with Gasteiger partial charge in [0.15, 0.2) is 0 Å². The number of rotatable bonds is 4. The van der Waals surface area contributed by atoms with Gasteiger partial charge >= 0.3 is 0 Å². The van der Waals surface area contributed by atoms with E-state index in [-0.39, 0.29) is 5.24 Å². The third-order valence-electron chi connectivity index (χ3n) is 2.68. The van der Waals surface area contributed by atoms with Crippen LogP contribution in [0.1, 0.15) is 30.9 Å². The average molecular weight is 290 g/mol. The first-order valence-corrected chi connectivity index (χ1v) is 7.06. The lowest BCUT2D eigenvalue weighted by Gasteiger charge is -2.01. The molecule has 2 aromatic carbocycles. The zero-order chi connectivity index (χ0) is 14.8. The highest BCUT2D eigenvalue weighted by atomic mass is 35.5. The molecule has 0 aromatic heterocycles. The summed E-state index contributed by atoms with van der Waals surface area (Å²) in [6.07, 6.45) is 2.32. The monoisotopic (exact) mass is 289 g/mol. The molecule has 2 N–H and O–H groups in total. The normalized spacial score (nSPS) is 9.50. The Balaban J connectivity index is 0.000000286. The van der Waals surface area contributed by atoms with Crippen molar-refractivity contribution in [3.05, 3.63) is 65.7 Å². The van der Waals surface area contributed by atoms with Gasteiger partial charge in [-0.25, -0.2) is 0 Å². The van der Waals surface area contributed by atoms with Crippen molar-refractivity contribution in [2.45, 2.75) is 26.2 Å². The summed E-state index contributed by atoms with van der Waals surface area (Å²) in [6, 6.07) is 18.5. The summed E-state index contributed by atoms with van der Waals surface area (Å²) in [5.74, 6) is 0. The summed E-state index contributed by atoms with van der Waals surface area (Å²) in [6.45, 7) is 1.92. The van der Waals surface area contributed by atoms with Gasteiger partial charge in [-0.1, -0.05) is 49.4 Å². The van der Waals surface area contributed by atoms with Gasteiger partial charge < -0.3 is 5.73 Å². The molecule has 2 aromatic rings. The van der Waals surface area contributed by atoms with Gasteiger partial charge in [-0.05, 0) is 47.7 Å². The second-order valence-electron chi connectivity index (χ2n) is 4.51. The van der Waals surface area contributed by atoms with Crippen LogP contribution in [-0.4, -0.2) is 5.24 Å². The van der Waals surface area contributed by atoms with Crippen LogP contribution < -0.4 is 5.73 Å². The fraction of sp³-hybridized carbons (Fsp3) is 0.235. The Labute approximate surface area is 125 Å². The van der Waals surface area contributed by atoms with Gasteiger partial charge in [0, 0.05) is 12.1 Å². The SMILES string of the molecule is CCCC(=O)Cl.Nc1ccc(Cc2ccccc2)cc1. The predicted octanol–water partition coefficient (Wildman–Crippen LogP) is 4.41. The number of benzene rings is 2. The Morgan fingerprint density at radius 2 is 1.55 bits per heavy atom. The van der Waals surface area contributed by atoms with Gasteiger partial charge in [-0.15, -0.1) is 0 Å². The van der Waals surface area contributed by atoms with Crippen molar-refractivity contribution >= 4 is 22.5 Å². The fourth-order valence-corrected chi connectivity index (χ4v) is 1.85. The number of hydrogen-bond acceptors (Lipinski definition) is 2. The van der Waals surface area contributed by atoms with Crippen molar-refractivity contribution < 1.29 is 4.79 Å². The molecule has 0 fully saturated rings. The van der Waals surface area contributed by atoms with E-state index in [9.17, 15) is 4.79 Å². The molecule has 0 aliphatic heterocycles. The first kappa shape index (κ1) is 16.3. The molecule has 0 spiro atoms. The molecule has 0 amide bonds. The second-order valence-corrected chi connectivity index (χ2v) is 4.93. The number of nitrogen functional groups attached to an aromatic ring is 1. The van der Waals surface area contributed by atoms with Gasteiger partial charge in [0.1, 0.15) is 0 Å². The summed E-state index contributed by atoms with van der Waals surface area (Å²) in [4.78, 5) is 9.81. The van der Waals surface area contributed by atoms with Crippen LogP contribution >= 0.6 is 11.6 Å². The molecule has 0 saturated heterocycles. The smallest absolute Gasteiger partial charge is 0.221 e. The molecule has 106 valence electrons. The van der Waals surface area contributed by atoms with Crippen molar-refractivity contribution in [2.24, 2.45) is 0 Å². The minimum Gasteiger partial charge on any atom is -0.399 e. The highest BCUT2D eigenvalue weighted by molar-refractivity contribution is 6.63. The molecule has 2 nitrogen and oxygen atoms in total. The highest BCUT2D eigenvalue weighted by Gasteiger charge is 1.94. The summed E-state index contributed by atoms with van der Waals surface area (Å²) in [7, 11) is 0. The third-order valence-corrected chi connectivity index (χ3v) is 2.87. The highest BCUT2D eigenvalue weighted by Crippen LogP contribution is 2.11. The quantitative estimate of drug-likeness (QED) is 0.669. The summed E-state index contributed by atoms with van der Waals surface area (Å²) < 4.78 is 0. The minimum atomic E-state index is -0.238. The van der Waals surface area contributed by atoms with Gasteiger partial charge in [0.25, 0.3) is 0 Å². The van der Waals surface area contributed by atoms with Gasteiger partial charge in [-0.2, -0.15) is 0 Å². The maximum absolute atomic E-state index is 9.81. The average Bonchev–Trinajstić information content (AvgIpc) is 2.43. The van der Waals surface area contributed by atoms with E-state index in [2.05, 4.69) is 36.4 Å². The largest absolute Gasteiger partial charge is 0.399 e. The molecule has 0 unspecified atom stereocenters. The van der Waals surface area contributed by atoms with Crippen LogP contribution in [0.15, 0.2) is 54.6 Å². The Morgan fingerprint density at radius 1 is 1.00 bits per heavy atom. The number of anilines is 1. The van der Waals surface area contributed by atoms with Gasteiger partial charge in [0.05, 0.1) is 0 Å². The van der Waals surface area contributed by atoms with Crippen molar-refractivity contribution in [1.29, 1.82) is 0 Å². The summed E-state index contributed by atoms with van der Waals surface area (Å²) >= 11 is 4.94. The van der Waals surface area contributed by atoms with Crippen LogP contribution in [0.4, 0.5) is 5.69 Å². The molecule has 3 heteroatoms. The fourth-order valence-electron chi connectivity index (χ4n) is 1.66. The van der Waals surface area contributed by atoms with Crippen LogP contribution in [-0.2, 0) is 11.2 Å². The maximum Gasteiger partial charge on any atom is 0.221 e. The van der Waals surface area contributed by atoms with E-state index in [1.165, 1.54) is 11.1 Å². The second kappa shape index (κ2) is 9.16. The molecule has 20 heavy (non-hydrogen) atoms. The van der Waals surface area contributed by atoms with E-state index >= 15 is 0 Å². The zero-order valence-corrected chi connectivity index (χ0v) is 12.4. The van der Waals surface area contributed by atoms with Crippen molar-refractivity contribution in [3.8, 4) is 0 Å². The Bertz CT molecular complexity index is 508. The number of carbonyl (C=O) groups is 1. The third kappa shape index (κ3) is 6.95. The number of hydrogen-bond donors (Lipinski definition) is 1. The lowest BCUT2D eigenvalue weighted by atomic mass is 10.1. The lowest BCUT2D eigenvalue weighted by molar-refractivity contribution is -0.111. The molecular weight excluding hydrogens is 270 g/mol. The number of nitrogens with two attached hydrogens (primary N) is 1. The molecule has 0 saturated carbocycles. The van der Waals surface area contributed by atoms with E-state index in [0.29, 0.717) is 6.42 Å². The van der Waals surface area contributed by atoms with Crippen LogP contribution in [0, 0.1) is 0 Å². The van der Waals surface area contributed by atoms with Crippen LogP contribution in [0.25, 0.3) is 0 Å². The predicted molar refractivity (Wildman–Crippen MR) is 85.9 cm³/mol. The molecule has 0 aliphatic carbocycles. The van der Waals surface area contributed by atoms with E-state index in [4.69, 9.17) is 17.3 Å². The van der Waals surface area contributed by atoms with Gasteiger partial charge in [-0.3, -0.25) is 4.79 Å². The van der Waals surface area contributed by atoms with Crippen molar-refractivity contribution in [2.75, 3.05) is 5.73 Å². The van der Waals surface area contributed by atoms with E-state index in [1.54, 1.807) is 0 Å². The molecule has 0 aliphatic rings. The molecule has 0 heterocycles. The summed E-state index contributed by atoms with van der Waals surface area (Å²) in [5.41, 5.74) is 9.07. The molecule has 0 atom stereocenters. The standard InChI is InChI=1S/C13H13N.C4H7ClO/c14-13-8-6-12(7-9-13)10-11-4-2-1-3-5-11;1-2-3-4(5)6/h1-9H,10,14H2;2-3H2,1H3. The molecular formula is C17H20ClNO. The molecule has 0 radical (unpaired) electrons. The van der Waals surface area contributed by atoms with Crippen LogP contribution in [0.3, 0.4) is 0 Å². The van der Waals surface area contributed by atoms with E-state index < -0.39 is 0 Å². The Hall–Kier alpha value is -1.80. The van der Waals surface area contributed by atoms with Gasteiger partial charge in [0.2, 0.25) is 5.24 Å². The number of halogens is 1. The zero-order valence-electron chi connectivity index (χ0n) is 11.7. The minimum absolute atomic E-state index is 0.238. The first-order chi connectivity index (χ1) is 9.61. The Morgan fingerprint density at radius 3 is 2.00 bits per heavy atom. The van der Waals surface area contributed by atoms with E-state index in [0.717, 1.165) is 18.5 Å². The van der Waals surface area contributed by atoms with E-state index in [1.807, 2.05) is 25.1 Å². The molecule has 0 bridgehead atoms. The lowest BCUT2D eigenvalue weighted by Crippen LogP contribution is -1.89. The van der Waals surface area contributed by atoms with Crippen LogP contribution in [0.5, 0.6) is 0 Å². The van der Waals surface area contributed by atoms with Crippen molar-refractivity contribution in [3.63, 3.8) is 0 Å².